The Hall–Kier alpha value is -1.63. The molecule has 0 unspecified atom stereocenters. The average molecular weight is 329 g/mol. The van der Waals surface area contributed by atoms with Gasteiger partial charge in [-0.25, -0.2) is 17.5 Å². The number of nitrogen functional groups attached to an aromatic ring is 1. The van der Waals surface area contributed by atoms with Gasteiger partial charge in [-0.05, 0) is 42.3 Å². The van der Waals surface area contributed by atoms with E-state index in [0.29, 0.717) is 12.1 Å². The number of hydrogen-bond acceptors (Lipinski definition) is 3. The van der Waals surface area contributed by atoms with E-state index in [1.54, 1.807) is 12.1 Å². The molecule has 0 radical (unpaired) electrons. The molecule has 0 spiro atoms. The largest absolute Gasteiger partial charge is 0.399 e. The van der Waals surface area contributed by atoms with Crippen LogP contribution in [0.4, 0.5) is 10.1 Å². The zero-order valence-electron chi connectivity index (χ0n) is 11.0. The molecule has 0 aliphatic rings. The maximum absolute atomic E-state index is 13.6. The van der Waals surface area contributed by atoms with Crippen LogP contribution in [0, 0.1) is 5.82 Å². The van der Waals surface area contributed by atoms with Crippen LogP contribution in [-0.2, 0) is 16.4 Å². The summed E-state index contributed by atoms with van der Waals surface area (Å²) < 4.78 is 40.0. The number of benzene rings is 2. The van der Waals surface area contributed by atoms with Crippen molar-refractivity contribution < 1.29 is 12.8 Å². The van der Waals surface area contributed by atoms with Crippen LogP contribution in [-0.4, -0.2) is 15.0 Å². The van der Waals surface area contributed by atoms with Gasteiger partial charge in [0.05, 0.1) is 0 Å². The molecule has 0 saturated carbocycles. The topological polar surface area (TPSA) is 72.2 Å². The fourth-order valence-electron chi connectivity index (χ4n) is 1.78. The highest BCUT2D eigenvalue weighted by atomic mass is 35.5. The van der Waals surface area contributed by atoms with Crippen molar-refractivity contribution in [3.63, 3.8) is 0 Å². The number of anilines is 1. The lowest BCUT2D eigenvalue weighted by Gasteiger charge is -2.08. The van der Waals surface area contributed by atoms with Gasteiger partial charge in [0.15, 0.2) is 0 Å². The Balaban J connectivity index is 2.03. The maximum Gasteiger partial charge on any atom is 0.243 e. The van der Waals surface area contributed by atoms with Gasteiger partial charge < -0.3 is 5.73 Å². The number of nitrogens with one attached hydrogen (secondary N) is 1. The van der Waals surface area contributed by atoms with Crippen LogP contribution in [0.15, 0.2) is 47.4 Å². The number of halogens is 2. The van der Waals surface area contributed by atoms with Gasteiger partial charge in [-0.2, -0.15) is 0 Å². The third kappa shape index (κ3) is 4.17. The molecule has 0 saturated heterocycles. The van der Waals surface area contributed by atoms with Crippen molar-refractivity contribution >= 4 is 27.3 Å². The van der Waals surface area contributed by atoms with Crippen molar-refractivity contribution in [1.82, 2.24) is 4.72 Å². The van der Waals surface area contributed by atoms with E-state index < -0.39 is 20.7 Å². The molecular formula is C14H14ClFN2O2S. The molecule has 2 rings (SSSR count). The van der Waals surface area contributed by atoms with Gasteiger partial charge in [0.25, 0.3) is 0 Å². The van der Waals surface area contributed by atoms with Crippen LogP contribution in [0.5, 0.6) is 0 Å². The van der Waals surface area contributed by atoms with E-state index in [2.05, 4.69) is 4.72 Å². The Kier molecular flexibility index (Phi) is 4.82. The summed E-state index contributed by atoms with van der Waals surface area (Å²) in [6, 6.07) is 10.5. The van der Waals surface area contributed by atoms with Crippen LogP contribution in [0.3, 0.4) is 0 Å². The first kappa shape index (κ1) is 15.8. The summed E-state index contributed by atoms with van der Waals surface area (Å²) in [5.41, 5.74) is 7.14. The van der Waals surface area contributed by atoms with E-state index in [0.717, 1.165) is 17.7 Å². The van der Waals surface area contributed by atoms with Crippen molar-refractivity contribution in [2.45, 2.75) is 11.3 Å². The Morgan fingerprint density at radius 3 is 2.43 bits per heavy atom. The van der Waals surface area contributed by atoms with E-state index >= 15 is 0 Å². The lowest BCUT2D eigenvalue weighted by molar-refractivity contribution is 0.557. The summed E-state index contributed by atoms with van der Waals surface area (Å²) >= 11 is 5.60. The van der Waals surface area contributed by atoms with E-state index in [1.165, 1.54) is 6.07 Å². The fourth-order valence-corrected chi connectivity index (χ4v) is 3.03. The molecule has 0 aromatic heterocycles. The number of hydrogen-bond donors (Lipinski definition) is 2. The van der Waals surface area contributed by atoms with Gasteiger partial charge in [-0.15, -0.1) is 0 Å². The van der Waals surface area contributed by atoms with Gasteiger partial charge in [0.2, 0.25) is 10.0 Å². The summed E-state index contributed by atoms with van der Waals surface area (Å²) in [6.07, 6.45) is 0.481. The highest BCUT2D eigenvalue weighted by molar-refractivity contribution is 7.89. The molecule has 21 heavy (non-hydrogen) atoms. The molecule has 2 aromatic carbocycles. The number of nitrogens with two attached hydrogens (primary N) is 1. The quantitative estimate of drug-likeness (QED) is 0.829. The zero-order chi connectivity index (χ0) is 15.5. The summed E-state index contributed by atoms with van der Waals surface area (Å²) in [5, 5.41) is 0.147. The van der Waals surface area contributed by atoms with E-state index in [9.17, 15) is 12.8 Å². The standard InChI is InChI=1S/C14H14ClFN2O2S/c15-11-3-6-14(13(16)9-11)21(19,20)18-8-7-10-1-4-12(17)5-2-10/h1-6,9,18H,7-8,17H2. The molecule has 0 atom stereocenters. The smallest absolute Gasteiger partial charge is 0.243 e. The minimum atomic E-state index is -3.89. The van der Waals surface area contributed by atoms with Gasteiger partial charge in [-0.3, -0.25) is 0 Å². The second-order valence-corrected chi connectivity index (χ2v) is 6.64. The highest BCUT2D eigenvalue weighted by Gasteiger charge is 2.18. The van der Waals surface area contributed by atoms with Crippen molar-refractivity contribution in [2.24, 2.45) is 0 Å². The van der Waals surface area contributed by atoms with Crippen LogP contribution in [0.1, 0.15) is 5.56 Å². The minimum absolute atomic E-state index is 0.147. The number of sulfonamides is 1. The van der Waals surface area contributed by atoms with Crippen molar-refractivity contribution in [3.05, 3.63) is 58.9 Å². The molecular weight excluding hydrogens is 315 g/mol. The van der Waals surface area contributed by atoms with Gasteiger partial charge in [-0.1, -0.05) is 23.7 Å². The molecule has 3 N–H and O–H groups in total. The lowest BCUT2D eigenvalue weighted by Crippen LogP contribution is -2.26. The first-order valence-corrected chi connectivity index (χ1v) is 8.04. The first-order chi connectivity index (χ1) is 9.88. The monoisotopic (exact) mass is 328 g/mol. The Bertz CT molecular complexity index is 733. The Morgan fingerprint density at radius 2 is 1.81 bits per heavy atom. The van der Waals surface area contributed by atoms with Crippen molar-refractivity contribution in [3.8, 4) is 0 Å². The Labute approximate surface area is 127 Å². The highest BCUT2D eigenvalue weighted by Crippen LogP contribution is 2.18. The molecule has 7 heteroatoms. The van der Waals surface area contributed by atoms with Crippen molar-refractivity contribution in [2.75, 3.05) is 12.3 Å². The fraction of sp³-hybridized carbons (Fsp3) is 0.143. The molecule has 0 aliphatic carbocycles. The SMILES string of the molecule is Nc1ccc(CCNS(=O)(=O)c2ccc(Cl)cc2F)cc1. The number of rotatable bonds is 5. The maximum atomic E-state index is 13.6. The molecule has 0 heterocycles. The van der Waals surface area contributed by atoms with E-state index in [4.69, 9.17) is 17.3 Å². The van der Waals surface area contributed by atoms with Crippen molar-refractivity contribution in [1.29, 1.82) is 0 Å². The predicted octanol–water partition coefficient (Wildman–Crippen LogP) is 2.58. The summed E-state index contributed by atoms with van der Waals surface area (Å²) in [4.78, 5) is -0.413. The normalized spacial score (nSPS) is 11.5. The summed E-state index contributed by atoms with van der Waals surface area (Å²) in [5.74, 6) is -0.873. The lowest BCUT2D eigenvalue weighted by atomic mass is 10.1. The van der Waals surface area contributed by atoms with Crippen LogP contribution in [0.2, 0.25) is 5.02 Å². The molecule has 0 bridgehead atoms. The van der Waals surface area contributed by atoms with Gasteiger partial charge in [0, 0.05) is 17.3 Å². The minimum Gasteiger partial charge on any atom is -0.399 e. The molecule has 0 aliphatic heterocycles. The molecule has 112 valence electrons. The van der Waals surface area contributed by atoms with Gasteiger partial charge in [0.1, 0.15) is 10.7 Å². The second kappa shape index (κ2) is 6.43. The second-order valence-electron chi connectivity index (χ2n) is 4.46. The van der Waals surface area contributed by atoms with E-state index in [-0.39, 0.29) is 11.6 Å². The van der Waals surface area contributed by atoms with Crippen LogP contribution < -0.4 is 10.5 Å². The van der Waals surface area contributed by atoms with Crippen LogP contribution >= 0.6 is 11.6 Å². The Morgan fingerprint density at radius 1 is 1.14 bits per heavy atom. The zero-order valence-corrected chi connectivity index (χ0v) is 12.6. The van der Waals surface area contributed by atoms with Gasteiger partial charge >= 0.3 is 0 Å². The summed E-state index contributed by atoms with van der Waals surface area (Å²) in [6.45, 7) is 0.161. The molecule has 2 aromatic rings. The van der Waals surface area contributed by atoms with E-state index in [1.807, 2.05) is 12.1 Å². The third-order valence-corrected chi connectivity index (χ3v) is 4.60. The molecule has 0 amide bonds. The molecule has 4 nitrogen and oxygen atoms in total. The third-order valence-electron chi connectivity index (χ3n) is 2.87. The van der Waals surface area contributed by atoms with Crippen LogP contribution in [0.25, 0.3) is 0 Å². The average Bonchev–Trinajstić information content (AvgIpc) is 2.40. The summed E-state index contributed by atoms with van der Waals surface area (Å²) in [7, 11) is -3.89. The molecule has 0 fully saturated rings. The first-order valence-electron chi connectivity index (χ1n) is 6.17. The predicted molar refractivity (Wildman–Crippen MR) is 81.2 cm³/mol.